The number of carbonyl (C=O) groups excluding carboxylic acids is 2. The van der Waals surface area contributed by atoms with E-state index in [1.165, 1.54) is 18.2 Å². The highest BCUT2D eigenvalue weighted by Gasteiger charge is 2.52. The predicted octanol–water partition coefficient (Wildman–Crippen LogP) is 3.09. The topological polar surface area (TPSA) is 87.9 Å². The molecule has 0 radical (unpaired) electrons. The number of likely N-dealkylation sites (tertiary alicyclic amines) is 1. The maximum absolute atomic E-state index is 13.5. The van der Waals surface area contributed by atoms with Crippen LogP contribution < -0.4 is 4.74 Å². The summed E-state index contributed by atoms with van der Waals surface area (Å²) in [5.41, 5.74) is 0.828. The van der Waals surface area contributed by atoms with Crippen molar-refractivity contribution in [1.29, 1.82) is 0 Å². The number of aromatic nitrogens is 2. The van der Waals surface area contributed by atoms with E-state index < -0.39 is 37.2 Å². The molecule has 2 atom stereocenters. The van der Waals surface area contributed by atoms with Crippen LogP contribution in [0.2, 0.25) is 0 Å². The molecule has 10 heteroatoms. The average molecular weight is 522 g/mol. The summed E-state index contributed by atoms with van der Waals surface area (Å²) in [6, 6.07) is 7.92. The molecular formula is C28H24F2N4O4. The molecule has 1 saturated carbocycles. The van der Waals surface area contributed by atoms with Crippen molar-refractivity contribution in [2.24, 2.45) is 5.92 Å². The molecule has 2 fully saturated rings. The van der Waals surface area contributed by atoms with Crippen molar-refractivity contribution in [2.45, 2.75) is 43.6 Å². The lowest BCUT2D eigenvalue weighted by Crippen LogP contribution is -2.53. The molecule has 4 aliphatic rings. The van der Waals surface area contributed by atoms with Crippen molar-refractivity contribution >= 4 is 22.8 Å². The maximum atomic E-state index is 13.5. The van der Waals surface area contributed by atoms with Gasteiger partial charge in [-0.25, -0.2) is 4.98 Å². The third kappa shape index (κ3) is 3.42. The molecule has 8 nitrogen and oxygen atoms in total. The molecule has 7 rings (SSSR count). The highest BCUT2D eigenvalue weighted by atomic mass is 19.3. The van der Waals surface area contributed by atoms with Gasteiger partial charge in [-0.1, -0.05) is 17.9 Å². The molecule has 3 aromatic rings. The lowest BCUT2D eigenvalue weighted by Gasteiger charge is -2.37. The Bertz CT molecular complexity index is 1680. The number of alkyl halides is 2. The van der Waals surface area contributed by atoms with Gasteiger partial charge in [-0.2, -0.15) is 8.78 Å². The second-order valence-corrected chi connectivity index (χ2v) is 10.3. The van der Waals surface area contributed by atoms with Crippen LogP contribution in [-0.2, 0) is 4.79 Å². The Balaban J connectivity index is 1.28. The van der Waals surface area contributed by atoms with Crippen molar-refractivity contribution < 1.29 is 32.3 Å². The first kappa shape index (κ1) is 20.1. The Labute approximate surface area is 221 Å². The van der Waals surface area contributed by atoms with Crippen LogP contribution in [0, 0.1) is 17.8 Å². The van der Waals surface area contributed by atoms with Gasteiger partial charge in [0, 0.05) is 47.3 Å². The van der Waals surface area contributed by atoms with Crippen molar-refractivity contribution in [3.05, 3.63) is 58.9 Å². The van der Waals surface area contributed by atoms with E-state index in [1.807, 2.05) is 6.07 Å². The van der Waals surface area contributed by atoms with Gasteiger partial charge < -0.3 is 24.2 Å². The molecule has 2 amide bonds. The van der Waals surface area contributed by atoms with E-state index in [0.29, 0.717) is 48.4 Å². The van der Waals surface area contributed by atoms with Crippen molar-refractivity contribution in [3.8, 4) is 17.6 Å². The van der Waals surface area contributed by atoms with E-state index >= 15 is 0 Å². The number of ether oxygens (including phenoxy) is 1. The first-order chi connectivity index (χ1) is 19.4. The Kier molecular flexibility index (Phi) is 4.23. The van der Waals surface area contributed by atoms with Gasteiger partial charge in [0.1, 0.15) is 17.2 Å². The fraction of sp³-hybridized carbons (Fsp3) is 0.393. The smallest absolute Gasteiger partial charge is 0.387 e. The molecule has 2 aromatic carbocycles. The number of fused-ring (bicyclic) bond motifs is 9. The van der Waals surface area contributed by atoms with Crippen LogP contribution in [0.25, 0.3) is 11.0 Å². The third-order valence-electron chi connectivity index (χ3n) is 7.86. The molecule has 2 bridgehead atoms. The van der Waals surface area contributed by atoms with Gasteiger partial charge in [0.05, 0.1) is 29.0 Å². The zero-order chi connectivity index (χ0) is 28.8. The normalized spacial score (nSPS) is 24.4. The zero-order valence-electron chi connectivity index (χ0n) is 23.0. The van der Waals surface area contributed by atoms with E-state index in [2.05, 4.69) is 16.8 Å². The number of amides is 2. The van der Waals surface area contributed by atoms with Crippen LogP contribution in [0.3, 0.4) is 0 Å². The Morgan fingerprint density at radius 2 is 2.08 bits per heavy atom. The van der Waals surface area contributed by atoms with E-state index in [1.54, 1.807) is 21.6 Å². The second-order valence-electron chi connectivity index (χ2n) is 10.3. The number of aliphatic hydroxyl groups is 1. The molecule has 3 aliphatic heterocycles. The van der Waals surface area contributed by atoms with Gasteiger partial charge in [-0.3, -0.25) is 9.59 Å². The first-order valence-corrected chi connectivity index (χ1v) is 12.4. The van der Waals surface area contributed by atoms with E-state index in [9.17, 15) is 23.5 Å². The molecule has 1 saturated heterocycles. The van der Waals surface area contributed by atoms with Gasteiger partial charge >= 0.3 is 6.61 Å². The minimum absolute atomic E-state index is 0.00448. The molecule has 4 heterocycles. The van der Waals surface area contributed by atoms with Crippen LogP contribution in [0.5, 0.6) is 5.75 Å². The van der Waals surface area contributed by atoms with Crippen LogP contribution in [0.1, 0.15) is 62.8 Å². The van der Waals surface area contributed by atoms with E-state index in [0.717, 1.165) is 4.90 Å². The Hall–Kier alpha value is -3.97. The van der Waals surface area contributed by atoms with Crippen LogP contribution in [0.15, 0.2) is 36.4 Å². The molecule has 1 aromatic heterocycles. The number of imidazole rings is 1. The van der Waals surface area contributed by atoms with Gasteiger partial charge in [0.2, 0.25) is 0 Å². The van der Waals surface area contributed by atoms with Crippen molar-refractivity contribution in [3.63, 3.8) is 0 Å². The Morgan fingerprint density at radius 1 is 1.26 bits per heavy atom. The van der Waals surface area contributed by atoms with E-state index in [-0.39, 0.29) is 35.1 Å². The largest absolute Gasteiger partial charge is 0.434 e. The summed E-state index contributed by atoms with van der Waals surface area (Å²) < 4.78 is 57.7. The van der Waals surface area contributed by atoms with Crippen LogP contribution >= 0.6 is 0 Å². The number of hydrogen-bond donors (Lipinski definition) is 1. The van der Waals surface area contributed by atoms with Crippen LogP contribution in [0.4, 0.5) is 8.78 Å². The lowest BCUT2D eigenvalue weighted by molar-refractivity contribution is -0.147. The summed E-state index contributed by atoms with van der Waals surface area (Å²) in [6.45, 7) is -5.04. The summed E-state index contributed by atoms with van der Waals surface area (Å²) in [5.74, 6) is 5.40. The van der Waals surface area contributed by atoms with Gasteiger partial charge in [0.25, 0.3) is 11.8 Å². The minimum atomic E-state index is -3.14. The number of nitrogens with zero attached hydrogens (tertiary/aromatic N) is 4. The molecule has 0 unspecified atom stereocenters. The molecule has 1 N–H and O–H groups in total. The van der Waals surface area contributed by atoms with Gasteiger partial charge in [0.15, 0.2) is 0 Å². The quantitative estimate of drug-likeness (QED) is 0.536. The molecule has 0 spiro atoms. The molecular weight excluding hydrogens is 494 g/mol. The summed E-state index contributed by atoms with van der Waals surface area (Å²) >= 11 is 0. The highest BCUT2D eigenvalue weighted by Crippen LogP contribution is 2.50. The second kappa shape index (κ2) is 8.01. The minimum Gasteiger partial charge on any atom is -0.434 e. The van der Waals surface area contributed by atoms with Crippen LogP contribution in [-0.4, -0.2) is 68.5 Å². The van der Waals surface area contributed by atoms with Crippen molar-refractivity contribution in [2.75, 3.05) is 20.1 Å². The average Bonchev–Trinajstić information content (AvgIpc) is 3.42. The Morgan fingerprint density at radius 3 is 2.82 bits per heavy atom. The fourth-order valence-electron chi connectivity index (χ4n) is 5.73. The van der Waals surface area contributed by atoms with Gasteiger partial charge in [-0.15, -0.1) is 0 Å². The fourth-order valence-corrected chi connectivity index (χ4v) is 5.73. The predicted molar refractivity (Wildman–Crippen MR) is 132 cm³/mol. The number of rotatable bonds is 3. The summed E-state index contributed by atoms with van der Waals surface area (Å²) in [5, 5.41) is 10.0. The van der Waals surface area contributed by atoms with Gasteiger partial charge in [-0.05, 0) is 43.2 Å². The molecule has 1 aliphatic carbocycles. The summed E-state index contributed by atoms with van der Waals surface area (Å²) in [6.07, 6.45) is 1.12. The summed E-state index contributed by atoms with van der Waals surface area (Å²) in [7, 11) is 0. The third-order valence-corrected chi connectivity index (χ3v) is 7.86. The zero-order valence-corrected chi connectivity index (χ0v) is 20.0. The SMILES string of the molecule is [2H]C([2H])([2H])N1C(=O)c2cccc(OC(F)F)c2[C@H]2C[C@@H]1c1nc3ccc(C#CC4CN(C(=O)C5(O)CC5)C4)cc3n12. The molecule has 194 valence electrons. The molecule has 38 heavy (non-hydrogen) atoms. The first-order valence-electron chi connectivity index (χ1n) is 13.9. The highest BCUT2D eigenvalue weighted by molar-refractivity contribution is 5.98. The number of halogens is 2. The monoisotopic (exact) mass is 521 g/mol. The number of benzene rings is 2. The van der Waals surface area contributed by atoms with Crippen molar-refractivity contribution in [1.82, 2.24) is 19.4 Å². The summed E-state index contributed by atoms with van der Waals surface area (Å²) in [4.78, 5) is 32.9. The number of carbonyl (C=O) groups is 2. The lowest BCUT2D eigenvalue weighted by atomic mass is 9.97. The number of hydrogen-bond acceptors (Lipinski definition) is 5. The maximum Gasteiger partial charge on any atom is 0.387 e. The standard InChI is InChI=1S/C28H24F2N4O4/c1-32-21-12-20(23-17(25(32)35)3-2-4-22(23)38-27(29)30)34-19-11-15(7-8-18(19)31-24(21)34)5-6-16-13-33(14-16)26(36)28(37)9-10-28/h2-4,7-8,11,16,20-21,27,37H,9-10,12-14H2,1H3/t20-,21-/m1/s1/i1D3. The van der Waals surface area contributed by atoms with E-state index in [4.69, 9.17) is 8.85 Å².